The monoisotopic (exact) mass is 286 g/mol. The van der Waals surface area contributed by atoms with E-state index >= 15 is 0 Å². The minimum atomic E-state index is -0.357. The van der Waals surface area contributed by atoms with E-state index in [9.17, 15) is 4.39 Å². The van der Waals surface area contributed by atoms with Crippen molar-refractivity contribution >= 4 is 5.69 Å². The quantitative estimate of drug-likeness (QED) is 0.916. The number of ether oxygens (including phenoxy) is 2. The van der Waals surface area contributed by atoms with E-state index in [1.807, 2.05) is 6.07 Å². The van der Waals surface area contributed by atoms with Crippen molar-refractivity contribution in [3.63, 3.8) is 0 Å². The highest BCUT2D eigenvalue weighted by Gasteiger charge is 2.06. The van der Waals surface area contributed by atoms with Gasteiger partial charge < -0.3 is 14.8 Å². The van der Waals surface area contributed by atoms with Crippen LogP contribution in [-0.4, -0.2) is 14.2 Å². The summed E-state index contributed by atoms with van der Waals surface area (Å²) in [6.07, 6.45) is 0. The molecule has 2 rings (SSSR count). The predicted octanol–water partition coefficient (Wildman–Crippen LogP) is 3.33. The third-order valence-corrected chi connectivity index (χ3v) is 3.04. The Morgan fingerprint density at radius 2 is 1.95 bits per heavy atom. The van der Waals surface area contributed by atoms with E-state index in [1.54, 1.807) is 24.3 Å². The molecule has 0 aliphatic rings. The minimum Gasteiger partial charge on any atom is -0.497 e. The maximum absolute atomic E-state index is 13.7. The van der Waals surface area contributed by atoms with Gasteiger partial charge in [0.2, 0.25) is 0 Å². The highest BCUT2D eigenvalue weighted by molar-refractivity contribution is 5.51. The van der Waals surface area contributed by atoms with Gasteiger partial charge in [-0.3, -0.25) is 0 Å². The van der Waals surface area contributed by atoms with Gasteiger partial charge in [-0.2, -0.15) is 5.26 Å². The first kappa shape index (κ1) is 14.7. The molecule has 0 fully saturated rings. The van der Waals surface area contributed by atoms with Crippen molar-refractivity contribution in [3.05, 3.63) is 53.3 Å². The van der Waals surface area contributed by atoms with Crippen LogP contribution in [0, 0.1) is 17.1 Å². The minimum absolute atomic E-state index is 0.351. The van der Waals surface area contributed by atoms with Crippen LogP contribution < -0.4 is 14.8 Å². The molecule has 0 amide bonds. The van der Waals surface area contributed by atoms with Crippen LogP contribution in [0.25, 0.3) is 0 Å². The summed E-state index contributed by atoms with van der Waals surface area (Å²) in [5.41, 5.74) is 1.65. The molecule has 2 aromatic carbocycles. The van der Waals surface area contributed by atoms with E-state index in [2.05, 4.69) is 11.4 Å². The molecule has 5 heteroatoms. The molecule has 108 valence electrons. The van der Waals surface area contributed by atoms with E-state index in [4.69, 9.17) is 14.7 Å². The molecule has 0 saturated carbocycles. The van der Waals surface area contributed by atoms with E-state index < -0.39 is 0 Å². The molecule has 0 aromatic heterocycles. The lowest BCUT2D eigenvalue weighted by Gasteiger charge is -2.10. The normalized spacial score (nSPS) is 9.81. The van der Waals surface area contributed by atoms with Crippen molar-refractivity contribution in [2.45, 2.75) is 6.54 Å². The number of nitriles is 1. The summed E-state index contributed by atoms with van der Waals surface area (Å²) in [6, 6.07) is 11.8. The summed E-state index contributed by atoms with van der Waals surface area (Å²) >= 11 is 0. The van der Waals surface area contributed by atoms with Crippen LogP contribution in [0.2, 0.25) is 0 Å². The molecule has 0 atom stereocenters. The highest BCUT2D eigenvalue weighted by atomic mass is 19.1. The first-order chi connectivity index (χ1) is 10.2. The number of halogens is 1. The lowest BCUT2D eigenvalue weighted by molar-refractivity contribution is 0.413. The van der Waals surface area contributed by atoms with Gasteiger partial charge in [0.1, 0.15) is 23.4 Å². The number of methoxy groups -OCH3 is 2. The summed E-state index contributed by atoms with van der Waals surface area (Å²) < 4.78 is 23.8. The average molecular weight is 286 g/mol. The van der Waals surface area contributed by atoms with Crippen LogP contribution in [0.4, 0.5) is 10.1 Å². The zero-order valence-electron chi connectivity index (χ0n) is 11.8. The summed E-state index contributed by atoms with van der Waals surface area (Å²) in [7, 11) is 3.04. The second-order valence-corrected chi connectivity index (χ2v) is 4.35. The first-order valence-corrected chi connectivity index (χ1v) is 6.32. The summed E-state index contributed by atoms with van der Waals surface area (Å²) in [5.74, 6) is 0.741. The first-order valence-electron chi connectivity index (χ1n) is 6.32. The maximum Gasteiger partial charge on any atom is 0.146 e. The molecular weight excluding hydrogens is 271 g/mol. The zero-order chi connectivity index (χ0) is 15.2. The molecular formula is C16H15FN2O2. The van der Waals surface area contributed by atoms with Crippen LogP contribution in [0.5, 0.6) is 11.5 Å². The van der Waals surface area contributed by atoms with Gasteiger partial charge in [0.25, 0.3) is 0 Å². The van der Waals surface area contributed by atoms with Gasteiger partial charge in [0.05, 0.1) is 25.5 Å². The van der Waals surface area contributed by atoms with Crippen molar-refractivity contribution in [1.82, 2.24) is 0 Å². The zero-order valence-corrected chi connectivity index (χ0v) is 11.8. The Balaban J connectivity index is 2.15. The fourth-order valence-corrected chi connectivity index (χ4v) is 1.92. The molecule has 4 nitrogen and oxygen atoms in total. The molecule has 0 aliphatic heterocycles. The number of hydrogen-bond donors (Lipinski definition) is 1. The van der Waals surface area contributed by atoms with E-state index in [1.165, 1.54) is 20.3 Å². The molecule has 2 aromatic rings. The van der Waals surface area contributed by atoms with Crippen LogP contribution in [-0.2, 0) is 6.54 Å². The van der Waals surface area contributed by atoms with Crippen LogP contribution >= 0.6 is 0 Å². The number of nitrogens with one attached hydrogen (secondary N) is 1. The SMILES string of the molecule is COc1ccc(F)c(NCc2ccc(OC)c(C#N)c2)c1. The predicted molar refractivity (Wildman–Crippen MR) is 78.0 cm³/mol. The Hall–Kier alpha value is -2.74. The average Bonchev–Trinajstić information content (AvgIpc) is 2.53. The van der Waals surface area contributed by atoms with Crippen LogP contribution in [0.1, 0.15) is 11.1 Å². The van der Waals surface area contributed by atoms with Crippen molar-refractivity contribution < 1.29 is 13.9 Å². The van der Waals surface area contributed by atoms with Gasteiger partial charge in [-0.15, -0.1) is 0 Å². The van der Waals surface area contributed by atoms with Crippen molar-refractivity contribution in [2.75, 3.05) is 19.5 Å². The molecule has 0 bridgehead atoms. The Labute approximate surface area is 122 Å². The van der Waals surface area contributed by atoms with Gasteiger partial charge in [-0.25, -0.2) is 4.39 Å². The van der Waals surface area contributed by atoms with E-state index in [0.29, 0.717) is 29.3 Å². The number of nitrogens with zero attached hydrogens (tertiary/aromatic N) is 1. The van der Waals surface area contributed by atoms with Gasteiger partial charge in [0, 0.05) is 12.6 Å². The Morgan fingerprint density at radius 1 is 1.14 bits per heavy atom. The Morgan fingerprint density at radius 3 is 2.62 bits per heavy atom. The number of rotatable bonds is 5. The lowest BCUT2D eigenvalue weighted by Crippen LogP contribution is -2.02. The second-order valence-electron chi connectivity index (χ2n) is 4.35. The van der Waals surface area contributed by atoms with E-state index in [0.717, 1.165) is 5.56 Å². The van der Waals surface area contributed by atoms with Gasteiger partial charge in [-0.1, -0.05) is 6.07 Å². The Bertz CT molecular complexity index is 680. The summed E-state index contributed by atoms with van der Waals surface area (Å²) in [5, 5.41) is 12.0. The maximum atomic E-state index is 13.7. The van der Waals surface area contributed by atoms with Crippen molar-refractivity contribution in [2.24, 2.45) is 0 Å². The topological polar surface area (TPSA) is 54.3 Å². The van der Waals surface area contributed by atoms with E-state index in [-0.39, 0.29) is 5.82 Å². The fraction of sp³-hybridized carbons (Fsp3) is 0.188. The van der Waals surface area contributed by atoms with Gasteiger partial charge >= 0.3 is 0 Å². The number of anilines is 1. The largest absolute Gasteiger partial charge is 0.497 e. The summed E-state index contributed by atoms with van der Waals surface area (Å²) in [6.45, 7) is 0.392. The number of hydrogen-bond acceptors (Lipinski definition) is 4. The Kier molecular flexibility index (Phi) is 4.62. The molecule has 0 saturated heterocycles. The molecule has 1 N–H and O–H groups in total. The molecule has 0 aliphatic carbocycles. The molecule has 0 spiro atoms. The highest BCUT2D eigenvalue weighted by Crippen LogP contribution is 2.23. The smallest absolute Gasteiger partial charge is 0.146 e. The lowest BCUT2D eigenvalue weighted by atomic mass is 10.1. The van der Waals surface area contributed by atoms with Crippen LogP contribution in [0.15, 0.2) is 36.4 Å². The van der Waals surface area contributed by atoms with Gasteiger partial charge in [-0.05, 0) is 29.8 Å². The third-order valence-electron chi connectivity index (χ3n) is 3.04. The number of benzene rings is 2. The third kappa shape index (κ3) is 3.42. The molecule has 0 heterocycles. The molecule has 21 heavy (non-hydrogen) atoms. The fourth-order valence-electron chi connectivity index (χ4n) is 1.92. The van der Waals surface area contributed by atoms with Crippen LogP contribution in [0.3, 0.4) is 0 Å². The van der Waals surface area contributed by atoms with Gasteiger partial charge in [0.15, 0.2) is 0 Å². The molecule has 0 unspecified atom stereocenters. The van der Waals surface area contributed by atoms with Crippen molar-refractivity contribution in [1.29, 1.82) is 5.26 Å². The molecule has 0 radical (unpaired) electrons. The van der Waals surface area contributed by atoms with Crippen molar-refractivity contribution in [3.8, 4) is 17.6 Å². The summed E-state index contributed by atoms with van der Waals surface area (Å²) in [4.78, 5) is 0. The second kappa shape index (κ2) is 6.62. The standard InChI is InChI=1S/C16H15FN2O2/c1-20-13-4-5-14(17)15(8-13)19-10-11-3-6-16(21-2)12(7-11)9-18/h3-8,19H,10H2,1-2H3.